The molecule has 32 heavy (non-hydrogen) atoms. The molecule has 4 aromatic carbocycles. The molecule has 4 rings (SSSR count). The Balaban J connectivity index is 0.000000181. The van der Waals surface area contributed by atoms with Crippen LogP contribution in [0.1, 0.15) is 0 Å². The van der Waals surface area contributed by atoms with Crippen molar-refractivity contribution in [1.29, 1.82) is 0 Å². The van der Waals surface area contributed by atoms with E-state index in [2.05, 4.69) is 45.2 Å². The Morgan fingerprint density at radius 2 is 0.656 bits per heavy atom. The average Bonchev–Trinajstić information content (AvgIpc) is 2.81. The molecule has 0 amide bonds. The third-order valence-electron chi connectivity index (χ3n) is 4.51. The van der Waals surface area contributed by atoms with Gasteiger partial charge in [0.15, 0.2) is 0 Å². The van der Waals surface area contributed by atoms with Crippen molar-refractivity contribution in [2.24, 2.45) is 0 Å². The quantitative estimate of drug-likeness (QED) is 0.129. The Labute approximate surface area is 211 Å². The van der Waals surface area contributed by atoms with Gasteiger partial charge in [-0.3, -0.25) is 20.2 Å². The second kappa shape index (κ2) is 11.1. The van der Waals surface area contributed by atoms with Gasteiger partial charge >= 0.3 is 0 Å². The fourth-order valence-electron chi connectivity index (χ4n) is 2.84. The summed E-state index contributed by atoms with van der Waals surface area (Å²) >= 11 is 4.48. The Bertz CT molecular complexity index is 1110. The van der Waals surface area contributed by atoms with Gasteiger partial charge in [-0.15, -0.1) is 0 Å². The molecule has 8 heteroatoms. The molecule has 0 fully saturated rings. The van der Waals surface area contributed by atoms with E-state index in [1.54, 1.807) is 24.3 Å². The highest BCUT2D eigenvalue weighted by Crippen LogP contribution is 2.24. The van der Waals surface area contributed by atoms with Crippen LogP contribution in [-0.4, -0.2) is 9.85 Å². The lowest BCUT2D eigenvalue weighted by atomic mass is 10.1. The summed E-state index contributed by atoms with van der Waals surface area (Å²) in [5, 5.41) is 21.0. The molecule has 0 spiro atoms. The van der Waals surface area contributed by atoms with Crippen molar-refractivity contribution in [1.82, 2.24) is 0 Å². The molecule has 0 N–H and O–H groups in total. The highest BCUT2D eigenvalue weighted by molar-refractivity contribution is 14.1. The van der Waals surface area contributed by atoms with Crippen molar-refractivity contribution in [2.75, 3.05) is 0 Å². The van der Waals surface area contributed by atoms with E-state index >= 15 is 0 Å². The van der Waals surface area contributed by atoms with Crippen molar-refractivity contribution < 1.29 is 9.85 Å². The van der Waals surface area contributed by atoms with E-state index in [4.69, 9.17) is 0 Å². The molecule has 0 aliphatic rings. The Hall–Kier alpha value is -2.86. The Kier molecular flexibility index (Phi) is 8.28. The summed E-state index contributed by atoms with van der Waals surface area (Å²) in [5.74, 6) is 0. The normalized spacial score (nSPS) is 10.1. The van der Waals surface area contributed by atoms with E-state index in [-0.39, 0.29) is 11.4 Å². The van der Waals surface area contributed by atoms with Crippen LogP contribution in [0.3, 0.4) is 0 Å². The zero-order valence-corrected chi connectivity index (χ0v) is 20.8. The van der Waals surface area contributed by atoms with Gasteiger partial charge < -0.3 is 0 Å². The lowest BCUT2D eigenvalue weighted by Crippen LogP contribution is -1.87. The number of hydrogen-bond donors (Lipinski definition) is 0. The molecular weight excluding hydrogens is 634 g/mol. The summed E-state index contributed by atoms with van der Waals surface area (Å²) in [4.78, 5) is 20.2. The van der Waals surface area contributed by atoms with E-state index in [0.717, 1.165) is 22.3 Å². The average molecular weight is 650 g/mol. The summed E-state index contributed by atoms with van der Waals surface area (Å²) in [6, 6.07) is 29.2. The predicted molar refractivity (Wildman–Crippen MR) is 142 cm³/mol. The van der Waals surface area contributed by atoms with Crippen molar-refractivity contribution in [2.45, 2.75) is 0 Å². The van der Waals surface area contributed by atoms with Crippen LogP contribution in [0.25, 0.3) is 22.3 Å². The Morgan fingerprint density at radius 3 is 0.875 bits per heavy atom. The minimum atomic E-state index is -0.391. The van der Waals surface area contributed by atoms with Crippen molar-refractivity contribution in [3.63, 3.8) is 0 Å². The number of benzene rings is 4. The van der Waals surface area contributed by atoms with Crippen molar-refractivity contribution in [3.8, 4) is 22.3 Å². The van der Waals surface area contributed by atoms with Gasteiger partial charge in [-0.25, -0.2) is 0 Å². The van der Waals surface area contributed by atoms with Crippen LogP contribution in [0, 0.1) is 27.4 Å². The molecule has 0 bridgehead atoms. The van der Waals surface area contributed by atoms with Crippen LogP contribution in [-0.2, 0) is 0 Å². The van der Waals surface area contributed by atoms with E-state index in [9.17, 15) is 20.2 Å². The molecule has 0 radical (unpaired) electrons. The molecule has 4 aromatic rings. The third kappa shape index (κ3) is 6.57. The SMILES string of the molecule is O=[N+]([O-])c1ccc(-c2ccc(I)cc2)cc1.O=[N+]([O-])c1ccc(-c2ccc(I)cc2)cc1. The standard InChI is InChI=1S/2C12H8INO2/c2*13-11-5-1-9(2-6-11)10-3-7-12(8-4-10)14(15)16/h2*1-8H. The van der Waals surface area contributed by atoms with Gasteiger partial charge in [0.25, 0.3) is 11.4 Å². The molecule has 0 aliphatic heterocycles. The van der Waals surface area contributed by atoms with E-state index in [0.29, 0.717) is 0 Å². The minimum Gasteiger partial charge on any atom is -0.258 e. The first-order valence-corrected chi connectivity index (χ1v) is 11.5. The molecule has 0 heterocycles. The summed E-state index contributed by atoms with van der Waals surface area (Å²) in [7, 11) is 0. The van der Waals surface area contributed by atoms with Gasteiger partial charge in [0.05, 0.1) is 9.85 Å². The summed E-state index contributed by atoms with van der Waals surface area (Å²) in [6.45, 7) is 0. The van der Waals surface area contributed by atoms with Gasteiger partial charge in [-0.2, -0.15) is 0 Å². The predicted octanol–water partition coefficient (Wildman–Crippen LogP) is 7.73. The summed E-state index contributed by atoms with van der Waals surface area (Å²) < 4.78 is 2.34. The number of nitro benzene ring substituents is 2. The zero-order chi connectivity index (χ0) is 23.1. The van der Waals surface area contributed by atoms with Gasteiger partial charge in [-0.1, -0.05) is 24.3 Å². The van der Waals surface area contributed by atoms with Crippen LogP contribution in [0.15, 0.2) is 97.1 Å². The molecule has 0 atom stereocenters. The van der Waals surface area contributed by atoms with Crippen molar-refractivity contribution in [3.05, 3.63) is 124 Å². The van der Waals surface area contributed by atoms with Gasteiger partial charge in [0.1, 0.15) is 0 Å². The molecule has 160 valence electrons. The largest absolute Gasteiger partial charge is 0.269 e. The lowest BCUT2D eigenvalue weighted by Gasteiger charge is -2.01. The fourth-order valence-corrected chi connectivity index (χ4v) is 3.56. The first-order chi connectivity index (χ1) is 15.3. The smallest absolute Gasteiger partial charge is 0.258 e. The van der Waals surface area contributed by atoms with E-state index in [1.165, 1.54) is 31.4 Å². The topological polar surface area (TPSA) is 86.3 Å². The van der Waals surface area contributed by atoms with Gasteiger partial charge in [0.2, 0.25) is 0 Å². The van der Waals surface area contributed by atoms with Crippen LogP contribution >= 0.6 is 45.2 Å². The minimum absolute atomic E-state index is 0.120. The maximum Gasteiger partial charge on any atom is 0.269 e. The highest BCUT2D eigenvalue weighted by Gasteiger charge is 2.05. The molecule has 0 saturated carbocycles. The van der Waals surface area contributed by atoms with Crippen molar-refractivity contribution >= 4 is 56.6 Å². The number of hydrogen-bond acceptors (Lipinski definition) is 4. The second-order valence-corrected chi connectivity index (χ2v) is 9.11. The maximum atomic E-state index is 10.5. The monoisotopic (exact) mass is 650 g/mol. The summed E-state index contributed by atoms with van der Waals surface area (Å²) in [6.07, 6.45) is 0. The first-order valence-electron chi connectivity index (χ1n) is 9.34. The molecule has 0 aliphatic carbocycles. The number of non-ortho nitro benzene ring substituents is 2. The second-order valence-electron chi connectivity index (χ2n) is 6.62. The summed E-state index contributed by atoms with van der Waals surface area (Å²) in [5.41, 5.74) is 4.35. The number of rotatable bonds is 4. The van der Waals surface area contributed by atoms with Crippen LogP contribution in [0.5, 0.6) is 0 Å². The molecule has 0 unspecified atom stereocenters. The Morgan fingerprint density at radius 1 is 0.438 bits per heavy atom. The van der Waals surface area contributed by atoms with Crippen LogP contribution in [0.2, 0.25) is 0 Å². The molecule has 0 saturated heterocycles. The zero-order valence-electron chi connectivity index (χ0n) is 16.5. The highest BCUT2D eigenvalue weighted by atomic mass is 127. The van der Waals surface area contributed by atoms with Crippen LogP contribution in [0.4, 0.5) is 11.4 Å². The maximum absolute atomic E-state index is 10.5. The first kappa shape index (κ1) is 23.8. The van der Waals surface area contributed by atoms with Crippen LogP contribution < -0.4 is 0 Å². The number of nitro groups is 2. The molecular formula is C24H16I2N2O4. The van der Waals surface area contributed by atoms with E-state index in [1.807, 2.05) is 48.5 Å². The van der Waals surface area contributed by atoms with Gasteiger partial charge in [-0.05, 0) is 116 Å². The number of nitrogens with zero attached hydrogens (tertiary/aromatic N) is 2. The van der Waals surface area contributed by atoms with Gasteiger partial charge in [0, 0.05) is 31.4 Å². The fraction of sp³-hybridized carbons (Fsp3) is 0. The molecule has 0 aromatic heterocycles. The molecule has 6 nitrogen and oxygen atoms in total. The number of halogens is 2. The lowest BCUT2D eigenvalue weighted by molar-refractivity contribution is -0.385. The third-order valence-corrected chi connectivity index (χ3v) is 5.95. The van der Waals surface area contributed by atoms with E-state index < -0.39 is 9.85 Å².